The van der Waals surface area contributed by atoms with Crippen LogP contribution in [0.25, 0.3) is 22.6 Å². The summed E-state index contributed by atoms with van der Waals surface area (Å²) in [5.74, 6) is 1.49. The topological polar surface area (TPSA) is 101 Å². The smallest absolute Gasteiger partial charge is 0.227 e. The second kappa shape index (κ2) is 8.06. The molecule has 0 spiro atoms. The van der Waals surface area contributed by atoms with Gasteiger partial charge in [-0.15, -0.1) is 0 Å². The highest BCUT2D eigenvalue weighted by molar-refractivity contribution is 5.80. The number of fused-ring (bicyclic) bond motifs is 1. The lowest BCUT2D eigenvalue weighted by molar-refractivity contribution is -0.132. The van der Waals surface area contributed by atoms with Gasteiger partial charge in [-0.3, -0.25) is 9.78 Å². The van der Waals surface area contributed by atoms with E-state index in [0.717, 1.165) is 31.6 Å². The molecule has 1 saturated heterocycles. The summed E-state index contributed by atoms with van der Waals surface area (Å²) in [7, 11) is 0. The van der Waals surface area contributed by atoms with Crippen LogP contribution in [0.2, 0.25) is 0 Å². The van der Waals surface area contributed by atoms with Crippen LogP contribution >= 0.6 is 0 Å². The van der Waals surface area contributed by atoms with Crippen molar-refractivity contribution in [1.29, 1.82) is 0 Å². The predicted molar refractivity (Wildman–Crippen MR) is 110 cm³/mol. The van der Waals surface area contributed by atoms with Crippen LogP contribution in [-0.4, -0.2) is 49.0 Å². The Labute approximate surface area is 173 Å². The fraction of sp³-hybridized carbons (Fsp3) is 0.318. The van der Waals surface area contributed by atoms with Crippen molar-refractivity contribution in [3.8, 4) is 11.5 Å². The van der Waals surface area contributed by atoms with E-state index in [1.807, 2.05) is 29.2 Å². The van der Waals surface area contributed by atoms with Gasteiger partial charge in [0.2, 0.25) is 17.6 Å². The number of aryl methyl sites for hydroxylation is 1. The van der Waals surface area contributed by atoms with Crippen LogP contribution in [0.5, 0.6) is 0 Å². The van der Waals surface area contributed by atoms with Gasteiger partial charge in [0.05, 0.1) is 0 Å². The lowest BCUT2D eigenvalue weighted by atomic mass is 9.89. The number of hydrogen-bond donors (Lipinski definition) is 1. The van der Waals surface area contributed by atoms with Crippen LogP contribution in [0.4, 0.5) is 0 Å². The lowest BCUT2D eigenvalue weighted by Crippen LogP contribution is -2.38. The van der Waals surface area contributed by atoms with Gasteiger partial charge >= 0.3 is 0 Å². The Kier molecular flexibility index (Phi) is 4.96. The molecule has 5 rings (SSSR count). The van der Waals surface area contributed by atoms with Crippen molar-refractivity contribution in [2.75, 3.05) is 13.1 Å². The van der Waals surface area contributed by atoms with Crippen molar-refractivity contribution in [2.24, 2.45) is 0 Å². The van der Waals surface area contributed by atoms with Crippen molar-refractivity contribution in [2.45, 2.75) is 31.6 Å². The van der Waals surface area contributed by atoms with Gasteiger partial charge in [0.15, 0.2) is 0 Å². The van der Waals surface area contributed by atoms with Gasteiger partial charge in [0.1, 0.15) is 11.3 Å². The third-order valence-corrected chi connectivity index (χ3v) is 5.69. The van der Waals surface area contributed by atoms with E-state index in [1.165, 1.54) is 10.9 Å². The van der Waals surface area contributed by atoms with E-state index in [9.17, 15) is 4.79 Å². The first-order chi connectivity index (χ1) is 14.8. The average Bonchev–Trinajstić information content (AvgIpc) is 3.46. The summed E-state index contributed by atoms with van der Waals surface area (Å²) < 4.78 is 5.28. The molecule has 8 heteroatoms. The Bertz CT molecular complexity index is 1140. The van der Waals surface area contributed by atoms with Crippen molar-refractivity contribution in [3.05, 3.63) is 60.4 Å². The van der Waals surface area contributed by atoms with Crippen LogP contribution in [0.1, 0.15) is 36.6 Å². The average molecular weight is 402 g/mol. The standard InChI is InChI=1S/C22H22N6O2/c29-20(7-6-19-26-22(27-30-19)18-5-1-2-10-23-18)28-12-8-15(9-13-28)17-14-25-21-16(17)4-3-11-24-21/h1-5,10-11,14-15H,6-9,12-13H2,(H,24,25). The predicted octanol–water partition coefficient (Wildman–Crippen LogP) is 3.35. The van der Waals surface area contributed by atoms with Gasteiger partial charge in [0, 0.05) is 49.9 Å². The summed E-state index contributed by atoms with van der Waals surface area (Å²) in [5.41, 5.74) is 2.89. The Balaban J connectivity index is 1.15. The molecule has 152 valence electrons. The van der Waals surface area contributed by atoms with E-state index in [-0.39, 0.29) is 5.91 Å². The van der Waals surface area contributed by atoms with Gasteiger partial charge in [-0.25, -0.2) is 4.98 Å². The molecule has 1 N–H and O–H groups in total. The molecule has 30 heavy (non-hydrogen) atoms. The van der Waals surface area contributed by atoms with Crippen molar-refractivity contribution >= 4 is 16.9 Å². The summed E-state index contributed by atoms with van der Waals surface area (Å²) in [6.45, 7) is 1.53. The molecule has 0 atom stereocenters. The number of amides is 1. The number of piperidine rings is 1. The molecule has 8 nitrogen and oxygen atoms in total. The van der Waals surface area contributed by atoms with Crippen molar-refractivity contribution in [1.82, 2.24) is 30.0 Å². The normalized spacial score (nSPS) is 15.0. The molecule has 1 aliphatic rings. The largest absolute Gasteiger partial charge is 0.346 e. The molecule has 0 saturated carbocycles. The maximum absolute atomic E-state index is 12.7. The van der Waals surface area contributed by atoms with Crippen molar-refractivity contribution < 1.29 is 9.32 Å². The molecule has 1 aliphatic heterocycles. The number of aromatic amines is 1. The molecule has 0 bridgehead atoms. The van der Waals surface area contributed by atoms with Gasteiger partial charge < -0.3 is 14.4 Å². The maximum atomic E-state index is 12.7. The molecule has 0 radical (unpaired) electrons. The monoisotopic (exact) mass is 402 g/mol. The minimum absolute atomic E-state index is 0.131. The fourth-order valence-corrected chi connectivity index (χ4v) is 4.08. The van der Waals surface area contributed by atoms with E-state index in [0.29, 0.717) is 36.2 Å². The maximum Gasteiger partial charge on any atom is 0.227 e. The van der Waals surface area contributed by atoms with Gasteiger partial charge in [-0.1, -0.05) is 11.2 Å². The molecule has 4 aromatic rings. The highest BCUT2D eigenvalue weighted by Crippen LogP contribution is 2.32. The zero-order valence-electron chi connectivity index (χ0n) is 16.5. The fourth-order valence-electron chi connectivity index (χ4n) is 4.08. The van der Waals surface area contributed by atoms with Crippen LogP contribution in [0, 0.1) is 0 Å². The van der Waals surface area contributed by atoms with E-state index < -0.39 is 0 Å². The Morgan fingerprint density at radius 1 is 1.13 bits per heavy atom. The van der Waals surface area contributed by atoms with Crippen LogP contribution < -0.4 is 0 Å². The highest BCUT2D eigenvalue weighted by Gasteiger charge is 2.25. The number of aromatic nitrogens is 5. The second-order valence-corrected chi connectivity index (χ2v) is 7.53. The van der Waals surface area contributed by atoms with Crippen LogP contribution in [0.3, 0.4) is 0 Å². The first kappa shape index (κ1) is 18.5. The second-order valence-electron chi connectivity index (χ2n) is 7.53. The van der Waals surface area contributed by atoms with Crippen molar-refractivity contribution in [3.63, 3.8) is 0 Å². The molecular weight excluding hydrogens is 380 g/mol. The van der Waals surface area contributed by atoms with Crippen LogP contribution in [0.15, 0.2) is 53.4 Å². The first-order valence-corrected chi connectivity index (χ1v) is 10.2. The van der Waals surface area contributed by atoms with E-state index in [4.69, 9.17) is 4.52 Å². The molecule has 0 aromatic carbocycles. The molecular formula is C22H22N6O2. The summed E-state index contributed by atoms with van der Waals surface area (Å²) in [5, 5.41) is 5.14. The van der Waals surface area contributed by atoms with Gasteiger partial charge in [0.25, 0.3) is 0 Å². The molecule has 5 heterocycles. The number of hydrogen-bond acceptors (Lipinski definition) is 6. The van der Waals surface area contributed by atoms with E-state index in [2.05, 4.69) is 37.4 Å². The third-order valence-electron chi connectivity index (χ3n) is 5.69. The van der Waals surface area contributed by atoms with Gasteiger partial charge in [-0.05, 0) is 48.6 Å². The highest BCUT2D eigenvalue weighted by atomic mass is 16.5. The van der Waals surface area contributed by atoms with Gasteiger partial charge in [-0.2, -0.15) is 4.98 Å². The summed E-state index contributed by atoms with van der Waals surface area (Å²) >= 11 is 0. The van der Waals surface area contributed by atoms with E-state index in [1.54, 1.807) is 12.4 Å². The minimum Gasteiger partial charge on any atom is -0.346 e. The van der Waals surface area contributed by atoms with E-state index >= 15 is 0 Å². The number of pyridine rings is 2. The zero-order chi connectivity index (χ0) is 20.3. The number of nitrogens with one attached hydrogen (secondary N) is 1. The quantitative estimate of drug-likeness (QED) is 0.549. The number of likely N-dealkylation sites (tertiary alicyclic amines) is 1. The third kappa shape index (κ3) is 3.68. The SMILES string of the molecule is O=C(CCc1nc(-c2ccccn2)no1)N1CCC(c2c[nH]c3ncccc23)CC1. The minimum atomic E-state index is 0.131. The molecule has 0 unspecified atom stereocenters. The Morgan fingerprint density at radius 2 is 2.00 bits per heavy atom. The number of carbonyl (C=O) groups is 1. The molecule has 1 fully saturated rings. The summed E-state index contributed by atoms with van der Waals surface area (Å²) in [6.07, 6.45) is 8.26. The Hall–Kier alpha value is -3.55. The molecule has 4 aromatic heterocycles. The summed E-state index contributed by atoms with van der Waals surface area (Å²) in [4.78, 5) is 30.8. The number of nitrogens with zero attached hydrogens (tertiary/aromatic N) is 5. The zero-order valence-corrected chi connectivity index (χ0v) is 16.5. The molecule has 1 amide bonds. The number of H-pyrrole nitrogens is 1. The molecule has 0 aliphatic carbocycles. The van der Waals surface area contributed by atoms with Crippen LogP contribution in [-0.2, 0) is 11.2 Å². The number of carbonyl (C=O) groups excluding carboxylic acids is 1. The Morgan fingerprint density at radius 3 is 2.83 bits per heavy atom. The summed E-state index contributed by atoms with van der Waals surface area (Å²) in [6, 6.07) is 9.61. The number of rotatable bonds is 5. The first-order valence-electron chi connectivity index (χ1n) is 10.2. The lowest BCUT2D eigenvalue weighted by Gasteiger charge is -2.32.